The smallest absolute Gasteiger partial charge is 0.318 e. The van der Waals surface area contributed by atoms with Gasteiger partial charge in [0, 0.05) is 33.2 Å². The van der Waals surface area contributed by atoms with Gasteiger partial charge in [0.1, 0.15) is 0 Å². The summed E-state index contributed by atoms with van der Waals surface area (Å²) in [6.07, 6.45) is 2.20. The van der Waals surface area contributed by atoms with Gasteiger partial charge in [-0.05, 0) is 57.9 Å². The number of rotatable bonds is 3. The first-order valence-corrected chi connectivity index (χ1v) is 9.10. The molecular weight excluding hydrogens is 348 g/mol. The molecule has 5 heteroatoms. The van der Waals surface area contributed by atoms with Gasteiger partial charge >= 0.3 is 6.03 Å². The summed E-state index contributed by atoms with van der Waals surface area (Å²) >= 11 is 5.27. The van der Waals surface area contributed by atoms with E-state index in [1.165, 1.54) is 4.90 Å². The highest BCUT2D eigenvalue weighted by Crippen LogP contribution is 2.27. The van der Waals surface area contributed by atoms with Gasteiger partial charge in [0.25, 0.3) is 0 Å². The van der Waals surface area contributed by atoms with Gasteiger partial charge in [-0.1, -0.05) is 15.9 Å². The molecule has 1 aromatic carbocycles. The third-order valence-electron chi connectivity index (χ3n) is 3.38. The molecule has 1 saturated heterocycles. The highest BCUT2D eigenvalue weighted by Gasteiger charge is 2.30. The van der Waals surface area contributed by atoms with Crippen molar-refractivity contribution >= 4 is 33.7 Å². The van der Waals surface area contributed by atoms with Gasteiger partial charge in [-0.3, -0.25) is 0 Å². The van der Waals surface area contributed by atoms with E-state index in [-0.39, 0.29) is 11.6 Å². The molecule has 1 atom stereocenters. The van der Waals surface area contributed by atoms with Crippen LogP contribution in [-0.4, -0.2) is 34.8 Å². The third-order valence-corrected chi connectivity index (χ3v) is 5.06. The van der Waals surface area contributed by atoms with E-state index in [1.807, 2.05) is 37.4 Å². The Kier molecular flexibility index (Phi) is 5.60. The van der Waals surface area contributed by atoms with E-state index in [0.29, 0.717) is 6.04 Å². The van der Waals surface area contributed by atoms with Crippen molar-refractivity contribution in [2.75, 3.05) is 12.3 Å². The van der Waals surface area contributed by atoms with Gasteiger partial charge in [0.05, 0.1) is 0 Å². The zero-order valence-corrected chi connectivity index (χ0v) is 15.3. The van der Waals surface area contributed by atoms with E-state index < -0.39 is 0 Å². The first kappa shape index (κ1) is 16.7. The molecule has 1 aromatic rings. The van der Waals surface area contributed by atoms with Crippen molar-refractivity contribution < 1.29 is 4.79 Å². The van der Waals surface area contributed by atoms with E-state index in [9.17, 15) is 4.79 Å². The highest BCUT2D eigenvalue weighted by atomic mass is 79.9. The predicted octanol–water partition coefficient (Wildman–Crippen LogP) is 4.51. The van der Waals surface area contributed by atoms with Gasteiger partial charge in [0.2, 0.25) is 0 Å². The Hall–Kier alpha value is -0.680. The minimum Gasteiger partial charge on any atom is -0.333 e. The molecule has 0 saturated carbocycles. The number of urea groups is 1. The molecule has 1 unspecified atom stereocenters. The van der Waals surface area contributed by atoms with E-state index in [0.717, 1.165) is 29.6 Å². The molecule has 1 fully saturated rings. The lowest BCUT2D eigenvalue weighted by atomic mass is 10.1. The summed E-state index contributed by atoms with van der Waals surface area (Å²) in [5, 5.41) is 3.07. The molecular formula is C16H23BrN2OS. The van der Waals surface area contributed by atoms with Crippen LogP contribution in [0.1, 0.15) is 33.6 Å². The number of thioether (sulfide) groups is 1. The van der Waals surface area contributed by atoms with Crippen LogP contribution in [0.5, 0.6) is 0 Å². The molecule has 0 bridgehead atoms. The number of likely N-dealkylation sites (tertiary alicyclic amines) is 1. The summed E-state index contributed by atoms with van der Waals surface area (Å²) in [5.74, 6) is 0.958. The second kappa shape index (κ2) is 7.05. The van der Waals surface area contributed by atoms with E-state index in [2.05, 4.69) is 45.5 Å². The number of carbonyl (C=O) groups is 1. The number of hydrogen-bond donors (Lipinski definition) is 1. The molecule has 1 heterocycles. The number of amides is 2. The van der Waals surface area contributed by atoms with Gasteiger partial charge in [0.15, 0.2) is 0 Å². The summed E-state index contributed by atoms with van der Waals surface area (Å²) in [5.41, 5.74) is -0.178. The molecule has 0 spiro atoms. The summed E-state index contributed by atoms with van der Waals surface area (Å²) < 4.78 is 1.10. The first-order chi connectivity index (χ1) is 9.85. The fourth-order valence-corrected chi connectivity index (χ4v) is 3.72. The van der Waals surface area contributed by atoms with Crippen molar-refractivity contribution in [2.24, 2.45) is 0 Å². The molecule has 1 aliphatic rings. The molecule has 21 heavy (non-hydrogen) atoms. The number of nitrogens with zero attached hydrogens (tertiary/aromatic N) is 1. The number of carbonyl (C=O) groups excluding carboxylic acids is 1. The Bertz CT molecular complexity index is 484. The number of hydrogen-bond acceptors (Lipinski definition) is 2. The Morgan fingerprint density at radius 3 is 2.67 bits per heavy atom. The van der Waals surface area contributed by atoms with Crippen molar-refractivity contribution in [3.63, 3.8) is 0 Å². The van der Waals surface area contributed by atoms with Crippen LogP contribution in [0.3, 0.4) is 0 Å². The van der Waals surface area contributed by atoms with Gasteiger partial charge in [-0.15, -0.1) is 11.8 Å². The Morgan fingerprint density at radius 1 is 1.38 bits per heavy atom. The standard InChI is InChI=1S/C16H23BrN2OS/c1-16(2,3)18-15(20)19-10-4-5-13(19)11-21-14-8-6-12(17)7-9-14/h6-9,13H,4-5,10-11H2,1-3H3,(H,18,20). The molecule has 0 aromatic heterocycles. The maximum absolute atomic E-state index is 12.3. The van der Waals surface area contributed by atoms with Crippen molar-refractivity contribution in [1.29, 1.82) is 0 Å². The van der Waals surface area contributed by atoms with Crippen molar-refractivity contribution in [1.82, 2.24) is 10.2 Å². The van der Waals surface area contributed by atoms with Crippen LogP contribution in [0, 0.1) is 0 Å². The van der Waals surface area contributed by atoms with Gasteiger partial charge in [-0.25, -0.2) is 4.79 Å². The van der Waals surface area contributed by atoms with Crippen molar-refractivity contribution in [3.8, 4) is 0 Å². The molecule has 1 aliphatic heterocycles. The quantitative estimate of drug-likeness (QED) is 0.793. The monoisotopic (exact) mass is 370 g/mol. The third kappa shape index (κ3) is 5.22. The second-order valence-corrected chi connectivity index (χ2v) is 8.44. The Balaban J connectivity index is 1.90. The predicted molar refractivity (Wildman–Crippen MR) is 92.9 cm³/mol. The summed E-state index contributed by atoms with van der Waals surface area (Å²) in [6, 6.07) is 8.75. The number of halogens is 1. The lowest BCUT2D eigenvalue weighted by Gasteiger charge is -2.29. The van der Waals surface area contributed by atoms with Crippen molar-refractivity contribution in [2.45, 2.75) is 50.1 Å². The maximum atomic E-state index is 12.3. The lowest BCUT2D eigenvalue weighted by Crippen LogP contribution is -2.50. The normalized spacial score (nSPS) is 18.9. The summed E-state index contributed by atoms with van der Waals surface area (Å²) in [7, 11) is 0. The van der Waals surface area contributed by atoms with Crippen LogP contribution < -0.4 is 5.32 Å². The van der Waals surface area contributed by atoms with Gasteiger partial charge < -0.3 is 10.2 Å². The summed E-state index contributed by atoms with van der Waals surface area (Å²) in [6.45, 7) is 6.93. The average molecular weight is 371 g/mol. The van der Waals surface area contributed by atoms with E-state index in [1.54, 1.807) is 0 Å². The molecule has 2 rings (SSSR count). The molecule has 0 aliphatic carbocycles. The molecule has 2 amide bonds. The Labute approximate surface area is 140 Å². The zero-order chi connectivity index (χ0) is 15.5. The minimum absolute atomic E-state index is 0.0707. The Morgan fingerprint density at radius 2 is 2.05 bits per heavy atom. The number of benzene rings is 1. The largest absolute Gasteiger partial charge is 0.333 e. The van der Waals surface area contributed by atoms with Crippen LogP contribution >= 0.6 is 27.7 Å². The molecule has 1 N–H and O–H groups in total. The van der Waals surface area contributed by atoms with Crippen LogP contribution in [0.15, 0.2) is 33.6 Å². The lowest BCUT2D eigenvalue weighted by molar-refractivity contribution is 0.187. The fourth-order valence-electron chi connectivity index (χ4n) is 2.39. The van der Waals surface area contributed by atoms with Crippen LogP contribution in [0.25, 0.3) is 0 Å². The van der Waals surface area contributed by atoms with E-state index in [4.69, 9.17) is 0 Å². The molecule has 0 radical (unpaired) electrons. The highest BCUT2D eigenvalue weighted by molar-refractivity contribution is 9.10. The van der Waals surface area contributed by atoms with Crippen LogP contribution in [-0.2, 0) is 0 Å². The SMILES string of the molecule is CC(C)(C)NC(=O)N1CCCC1CSc1ccc(Br)cc1. The fraction of sp³-hybridized carbons (Fsp3) is 0.562. The number of nitrogens with one attached hydrogen (secondary N) is 1. The summed E-state index contributed by atoms with van der Waals surface area (Å²) in [4.78, 5) is 15.6. The zero-order valence-electron chi connectivity index (χ0n) is 12.9. The van der Waals surface area contributed by atoms with E-state index >= 15 is 0 Å². The molecule has 116 valence electrons. The van der Waals surface area contributed by atoms with Crippen LogP contribution in [0.2, 0.25) is 0 Å². The first-order valence-electron chi connectivity index (χ1n) is 7.32. The second-order valence-electron chi connectivity index (χ2n) is 6.43. The minimum atomic E-state index is -0.178. The maximum Gasteiger partial charge on any atom is 0.318 e. The van der Waals surface area contributed by atoms with Gasteiger partial charge in [-0.2, -0.15) is 0 Å². The molecule has 3 nitrogen and oxygen atoms in total. The topological polar surface area (TPSA) is 32.3 Å². The average Bonchev–Trinajstić information content (AvgIpc) is 2.84. The van der Waals surface area contributed by atoms with Crippen LogP contribution in [0.4, 0.5) is 4.79 Å². The van der Waals surface area contributed by atoms with Crippen molar-refractivity contribution in [3.05, 3.63) is 28.7 Å².